The number of nitrogens with one attached hydrogen (secondary N) is 1. The molecule has 0 radical (unpaired) electrons. The highest BCUT2D eigenvalue weighted by Crippen LogP contribution is 2.20. The summed E-state index contributed by atoms with van der Waals surface area (Å²) in [5.41, 5.74) is 2.15. The van der Waals surface area contributed by atoms with Gasteiger partial charge in [0.2, 0.25) is 0 Å². The maximum absolute atomic E-state index is 12.4. The number of aryl methyl sites for hydroxylation is 1. The van der Waals surface area contributed by atoms with Gasteiger partial charge < -0.3 is 15.3 Å². The number of hydrogen-bond donors (Lipinski definition) is 2. The van der Waals surface area contributed by atoms with Crippen LogP contribution in [0.1, 0.15) is 24.1 Å². The van der Waals surface area contributed by atoms with Gasteiger partial charge in [0.25, 0.3) is 0 Å². The number of amides is 2. The molecule has 0 bridgehead atoms. The van der Waals surface area contributed by atoms with E-state index in [0.29, 0.717) is 12.3 Å². The Bertz CT molecular complexity index is 535. The number of carboxylic acid groups (broad SMARTS) is 1. The summed E-state index contributed by atoms with van der Waals surface area (Å²) in [7, 11) is 0. The third-order valence-electron chi connectivity index (χ3n) is 3.67. The van der Waals surface area contributed by atoms with Crippen molar-refractivity contribution in [3.8, 4) is 0 Å². The lowest BCUT2D eigenvalue weighted by atomic mass is 10.0. The fraction of sp³-hybridized carbons (Fsp3) is 0.467. The first-order valence-corrected chi connectivity index (χ1v) is 8.09. The molecule has 2 atom stereocenters. The largest absolute Gasteiger partial charge is 0.480 e. The molecule has 114 valence electrons. The van der Waals surface area contributed by atoms with Crippen molar-refractivity contribution in [2.45, 2.75) is 25.9 Å². The first-order valence-electron chi connectivity index (χ1n) is 6.94. The molecule has 1 aromatic rings. The quantitative estimate of drug-likeness (QED) is 0.898. The average molecular weight is 308 g/mol. The van der Waals surface area contributed by atoms with E-state index >= 15 is 0 Å². The van der Waals surface area contributed by atoms with E-state index in [0.717, 1.165) is 16.9 Å². The van der Waals surface area contributed by atoms with Crippen molar-refractivity contribution in [2.24, 2.45) is 0 Å². The van der Waals surface area contributed by atoms with Crippen LogP contribution in [0.3, 0.4) is 0 Å². The number of thioether (sulfide) groups is 1. The number of carboxylic acids is 1. The normalized spacial score (nSPS) is 19.9. The Balaban J connectivity index is 2.06. The van der Waals surface area contributed by atoms with Gasteiger partial charge in [0.05, 0.1) is 6.04 Å². The zero-order valence-corrected chi connectivity index (χ0v) is 13.0. The van der Waals surface area contributed by atoms with Crippen LogP contribution in [0.25, 0.3) is 0 Å². The Morgan fingerprint density at radius 3 is 2.81 bits per heavy atom. The lowest BCUT2D eigenvalue weighted by Gasteiger charge is -2.33. The molecule has 0 aliphatic carbocycles. The van der Waals surface area contributed by atoms with Crippen LogP contribution in [0, 0.1) is 6.92 Å². The first kappa shape index (κ1) is 15.7. The van der Waals surface area contributed by atoms with Crippen molar-refractivity contribution in [3.63, 3.8) is 0 Å². The summed E-state index contributed by atoms with van der Waals surface area (Å²) in [4.78, 5) is 25.0. The van der Waals surface area contributed by atoms with Crippen LogP contribution in [0.4, 0.5) is 4.79 Å². The summed E-state index contributed by atoms with van der Waals surface area (Å²) >= 11 is 1.57. The molecule has 5 nitrogen and oxygen atoms in total. The molecule has 1 saturated heterocycles. The molecule has 1 aliphatic rings. The Labute approximate surface area is 128 Å². The lowest BCUT2D eigenvalue weighted by molar-refractivity contribution is -0.141. The summed E-state index contributed by atoms with van der Waals surface area (Å²) < 4.78 is 0. The molecular weight excluding hydrogens is 288 g/mol. The molecule has 0 spiro atoms. The van der Waals surface area contributed by atoms with Crippen LogP contribution in [0.5, 0.6) is 0 Å². The summed E-state index contributed by atoms with van der Waals surface area (Å²) in [6, 6.07) is 6.66. The third kappa shape index (κ3) is 3.69. The Morgan fingerprint density at radius 2 is 2.14 bits per heavy atom. The number of carbonyl (C=O) groups is 2. The van der Waals surface area contributed by atoms with Gasteiger partial charge in [-0.05, 0) is 25.0 Å². The molecule has 2 amide bonds. The molecule has 2 unspecified atom stereocenters. The van der Waals surface area contributed by atoms with Crippen molar-refractivity contribution in [3.05, 3.63) is 35.4 Å². The van der Waals surface area contributed by atoms with Gasteiger partial charge >= 0.3 is 12.0 Å². The van der Waals surface area contributed by atoms with Crippen LogP contribution in [0.2, 0.25) is 0 Å². The second kappa shape index (κ2) is 6.85. The zero-order valence-electron chi connectivity index (χ0n) is 12.2. The summed E-state index contributed by atoms with van der Waals surface area (Å²) in [6.07, 6.45) is 0. The van der Waals surface area contributed by atoms with Crippen molar-refractivity contribution in [1.29, 1.82) is 0 Å². The van der Waals surface area contributed by atoms with Crippen molar-refractivity contribution >= 4 is 23.8 Å². The Morgan fingerprint density at radius 1 is 1.43 bits per heavy atom. The molecule has 1 aliphatic heterocycles. The molecule has 0 saturated carbocycles. The third-order valence-corrected chi connectivity index (χ3v) is 4.69. The SMILES string of the molecule is Cc1ccccc1C(C)NC(=O)N1CCSCC1C(=O)O. The van der Waals surface area contributed by atoms with Gasteiger partial charge in [-0.15, -0.1) is 0 Å². The smallest absolute Gasteiger partial charge is 0.327 e. The van der Waals surface area contributed by atoms with E-state index in [1.54, 1.807) is 11.8 Å². The monoisotopic (exact) mass is 308 g/mol. The van der Waals surface area contributed by atoms with Crippen LogP contribution in [-0.4, -0.2) is 46.1 Å². The van der Waals surface area contributed by atoms with Crippen molar-refractivity contribution < 1.29 is 14.7 Å². The van der Waals surface area contributed by atoms with Gasteiger partial charge in [0.1, 0.15) is 6.04 Å². The van der Waals surface area contributed by atoms with Crippen LogP contribution in [-0.2, 0) is 4.79 Å². The molecule has 1 heterocycles. The highest BCUT2D eigenvalue weighted by molar-refractivity contribution is 7.99. The topological polar surface area (TPSA) is 69.6 Å². The highest BCUT2D eigenvalue weighted by Gasteiger charge is 2.32. The number of benzene rings is 1. The number of rotatable bonds is 3. The number of aliphatic carboxylic acids is 1. The fourth-order valence-corrected chi connectivity index (χ4v) is 3.51. The zero-order chi connectivity index (χ0) is 15.4. The van der Waals surface area contributed by atoms with Gasteiger partial charge in [-0.3, -0.25) is 0 Å². The van der Waals surface area contributed by atoms with Crippen LogP contribution in [0.15, 0.2) is 24.3 Å². The fourth-order valence-electron chi connectivity index (χ4n) is 2.47. The lowest BCUT2D eigenvalue weighted by Crippen LogP contribution is -2.54. The van der Waals surface area contributed by atoms with Crippen molar-refractivity contribution in [1.82, 2.24) is 10.2 Å². The molecule has 1 aromatic carbocycles. The van der Waals surface area contributed by atoms with E-state index in [-0.39, 0.29) is 12.1 Å². The maximum atomic E-state index is 12.4. The van der Waals surface area contributed by atoms with Crippen LogP contribution < -0.4 is 5.32 Å². The maximum Gasteiger partial charge on any atom is 0.327 e. The number of urea groups is 1. The molecular formula is C15H20N2O3S. The average Bonchev–Trinajstić information content (AvgIpc) is 2.47. The van der Waals surface area contributed by atoms with E-state index in [1.807, 2.05) is 38.1 Å². The minimum absolute atomic E-state index is 0.150. The van der Waals surface area contributed by atoms with Crippen LogP contribution >= 0.6 is 11.8 Å². The van der Waals surface area contributed by atoms with Gasteiger partial charge in [-0.25, -0.2) is 9.59 Å². The van der Waals surface area contributed by atoms with Gasteiger partial charge in [0.15, 0.2) is 0 Å². The molecule has 2 rings (SSSR count). The first-order chi connectivity index (χ1) is 10.0. The summed E-state index contributed by atoms with van der Waals surface area (Å²) in [6.45, 7) is 4.37. The second-order valence-electron chi connectivity index (χ2n) is 5.15. The van der Waals surface area contributed by atoms with Gasteiger partial charge in [0, 0.05) is 18.1 Å². The van der Waals surface area contributed by atoms with Gasteiger partial charge in [-0.2, -0.15) is 11.8 Å². The van der Waals surface area contributed by atoms with Gasteiger partial charge in [-0.1, -0.05) is 24.3 Å². The molecule has 6 heteroatoms. The minimum Gasteiger partial charge on any atom is -0.480 e. The second-order valence-corrected chi connectivity index (χ2v) is 6.30. The van der Waals surface area contributed by atoms with E-state index in [9.17, 15) is 14.7 Å². The molecule has 21 heavy (non-hydrogen) atoms. The Hall–Kier alpha value is -1.69. The van der Waals surface area contributed by atoms with E-state index in [4.69, 9.17) is 0 Å². The van der Waals surface area contributed by atoms with Crippen molar-refractivity contribution in [2.75, 3.05) is 18.1 Å². The predicted molar refractivity (Wildman–Crippen MR) is 83.6 cm³/mol. The summed E-state index contributed by atoms with van der Waals surface area (Å²) in [5, 5.41) is 12.1. The molecule has 0 aromatic heterocycles. The number of carbonyl (C=O) groups excluding carboxylic acids is 1. The minimum atomic E-state index is -0.944. The Kier molecular flexibility index (Phi) is 5.12. The van der Waals surface area contributed by atoms with E-state index in [1.165, 1.54) is 4.90 Å². The van der Waals surface area contributed by atoms with E-state index < -0.39 is 12.0 Å². The highest BCUT2D eigenvalue weighted by atomic mass is 32.2. The molecule has 1 fully saturated rings. The van der Waals surface area contributed by atoms with E-state index in [2.05, 4.69) is 5.32 Å². The molecule has 2 N–H and O–H groups in total. The summed E-state index contributed by atoms with van der Waals surface area (Å²) in [5.74, 6) is 0.276. The standard InChI is InChI=1S/C15H20N2O3S/c1-10-5-3-4-6-12(10)11(2)16-15(20)17-7-8-21-9-13(17)14(18)19/h3-6,11,13H,7-9H2,1-2H3,(H,16,20)(H,18,19). The number of nitrogens with zero attached hydrogens (tertiary/aromatic N) is 1. The number of hydrogen-bond acceptors (Lipinski definition) is 3. The predicted octanol–water partition coefficient (Wildman–Crippen LogP) is 2.27.